The first-order valence-electron chi connectivity index (χ1n) is 11.5. The van der Waals surface area contributed by atoms with Gasteiger partial charge in [0.25, 0.3) is 0 Å². The second-order valence-electron chi connectivity index (χ2n) is 9.43. The van der Waals surface area contributed by atoms with E-state index in [2.05, 4.69) is 58.2 Å². The summed E-state index contributed by atoms with van der Waals surface area (Å²) in [7, 11) is 1.84. The maximum Gasteiger partial charge on any atom is 0.217 e. The molecular formula is C24H39N5O. The summed E-state index contributed by atoms with van der Waals surface area (Å²) in [6.45, 7) is 10.7. The minimum Gasteiger partial charge on any atom is -0.370 e. The number of nitrogens with two attached hydrogens (primary N) is 1. The molecule has 30 heavy (non-hydrogen) atoms. The summed E-state index contributed by atoms with van der Waals surface area (Å²) in [5, 5.41) is 3.57. The number of hydrogen-bond donors (Lipinski definition) is 2. The highest BCUT2D eigenvalue weighted by molar-refractivity contribution is 5.80. The van der Waals surface area contributed by atoms with Crippen LogP contribution >= 0.6 is 0 Å². The van der Waals surface area contributed by atoms with E-state index >= 15 is 0 Å². The van der Waals surface area contributed by atoms with Crippen LogP contribution < -0.4 is 11.1 Å². The number of carbonyl (C=O) groups excluding carboxylic acids is 1. The van der Waals surface area contributed by atoms with Crippen LogP contribution in [0.25, 0.3) is 0 Å². The predicted molar refractivity (Wildman–Crippen MR) is 123 cm³/mol. The van der Waals surface area contributed by atoms with Crippen LogP contribution in [0.1, 0.15) is 50.7 Å². The Morgan fingerprint density at radius 1 is 1.17 bits per heavy atom. The zero-order valence-corrected chi connectivity index (χ0v) is 18.9. The Morgan fingerprint density at radius 3 is 2.53 bits per heavy atom. The summed E-state index contributed by atoms with van der Waals surface area (Å²) in [6, 6.07) is 8.74. The molecule has 3 rings (SSSR count). The summed E-state index contributed by atoms with van der Waals surface area (Å²) in [6.07, 6.45) is 3.93. The van der Waals surface area contributed by atoms with Crippen molar-refractivity contribution >= 4 is 11.9 Å². The second kappa shape index (κ2) is 10.8. The van der Waals surface area contributed by atoms with Gasteiger partial charge in [-0.05, 0) is 48.1 Å². The van der Waals surface area contributed by atoms with Gasteiger partial charge in [-0.1, -0.05) is 38.1 Å². The molecule has 1 aromatic carbocycles. The Hall–Kier alpha value is -2.08. The van der Waals surface area contributed by atoms with E-state index in [-0.39, 0.29) is 5.91 Å². The van der Waals surface area contributed by atoms with E-state index in [1.54, 1.807) is 0 Å². The second-order valence-corrected chi connectivity index (χ2v) is 9.43. The average molecular weight is 414 g/mol. The first kappa shape index (κ1) is 22.6. The summed E-state index contributed by atoms with van der Waals surface area (Å²) < 4.78 is 0. The van der Waals surface area contributed by atoms with E-state index in [0.29, 0.717) is 12.3 Å². The smallest absolute Gasteiger partial charge is 0.217 e. The average Bonchev–Trinajstić information content (AvgIpc) is 2.69. The van der Waals surface area contributed by atoms with E-state index in [1.165, 1.54) is 30.6 Å². The van der Waals surface area contributed by atoms with Gasteiger partial charge in [0.2, 0.25) is 5.91 Å². The molecule has 2 fully saturated rings. The number of guanidine groups is 1. The molecule has 1 aromatic rings. The molecule has 0 saturated carbocycles. The van der Waals surface area contributed by atoms with E-state index in [4.69, 9.17) is 5.73 Å². The van der Waals surface area contributed by atoms with Gasteiger partial charge < -0.3 is 16.0 Å². The number of primary amides is 1. The maximum absolute atomic E-state index is 11.3. The van der Waals surface area contributed by atoms with Crippen molar-refractivity contribution in [3.05, 3.63) is 35.4 Å². The molecule has 2 aliphatic rings. The van der Waals surface area contributed by atoms with Gasteiger partial charge in [-0.2, -0.15) is 0 Å². The monoisotopic (exact) mass is 413 g/mol. The minimum atomic E-state index is -0.208. The Balaban J connectivity index is 1.60. The fourth-order valence-electron chi connectivity index (χ4n) is 5.26. The molecule has 0 spiro atoms. The number of likely N-dealkylation sites (tertiary alicyclic amines) is 2. The van der Waals surface area contributed by atoms with Gasteiger partial charge in [-0.15, -0.1) is 0 Å². The van der Waals surface area contributed by atoms with Crippen molar-refractivity contribution in [2.75, 3.05) is 33.2 Å². The summed E-state index contributed by atoms with van der Waals surface area (Å²) in [5.74, 6) is 2.57. The van der Waals surface area contributed by atoms with Crippen LogP contribution in [0.15, 0.2) is 29.3 Å². The van der Waals surface area contributed by atoms with Crippen LogP contribution in [0.5, 0.6) is 0 Å². The molecule has 3 unspecified atom stereocenters. The number of amides is 1. The molecule has 0 aromatic heterocycles. The standard InChI is InChI=1S/C24H39N5O/c1-18-11-19(2)15-28(14-18)17-22-9-5-4-8-21(22)13-27-24(26-3)29-10-6-7-20(16-29)12-23(25)30/h4-5,8-9,18-20H,6-7,10-17H2,1-3H3,(H2,25,30)(H,26,27). The Bertz CT molecular complexity index is 724. The fourth-order valence-corrected chi connectivity index (χ4v) is 5.26. The number of nitrogens with zero attached hydrogens (tertiary/aromatic N) is 3. The van der Waals surface area contributed by atoms with Crippen molar-refractivity contribution in [3.63, 3.8) is 0 Å². The van der Waals surface area contributed by atoms with Crippen molar-refractivity contribution in [1.82, 2.24) is 15.1 Å². The van der Waals surface area contributed by atoms with Crippen molar-refractivity contribution in [3.8, 4) is 0 Å². The lowest BCUT2D eigenvalue weighted by Crippen LogP contribution is -2.47. The molecule has 3 atom stereocenters. The quantitative estimate of drug-likeness (QED) is 0.556. The molecule has 2 saturated heterocycles. The zero-order valence-electron chi connectivity index (χ0n) is 18.9. The van der Waals surface area contributed by atoms with Crippen molar-refractivity contribution < 1.29 is 4.79 Å². The Kier molecular flexibility index (Phi) is 8.14. The minimum absolute atomic E-state index is 0.208. The van der Waals surface area contributed by atoms with Crippen LogP contribution in [-0.2, 0) is 17.9 Å². The molecule has 0 radical (unpaired) electrons. The summed E-state index contributed by atoms with van der Waals surface area (Å²) >= 11 is 0. The van der Waals surface area contributed by atoms with Gasteiger partial charge in [-0.3, -0.25) is 14.7 Å². The van der Waals surface area contributed by atoms with Crippen LogP contribution in [0, 0.1) is 17.8 Å². The predicted octanol–water partition coefficient (Wildman–Crippen LogP) is 2.83. The van der Waals surface area contributed by atoms with E-state index in [1.807, 2.05) is 7.05 Å². The number of hydrogen-bond acceptors (Lipinski definition) is 3. The Labute approximate surface area is 181 Å². The topological polar surface area (TPSA) is 74.0 Å². The lowest BCUT2D eigenvalue weighted by molar-refractivity contribution is -0.119. The zero-order chi connectivity index (χ0) is 21.5. The lowest BCUT2D eigenvalue weighted by Gasteiger charge is -2.36. The fraction of sp³-hybridized carbons (Fsp3) is 0.667. The number of rotatable bonds is 6. The summed E-state index contributed by atoms with van der Waals surface area (Å²) in [5.41, 5.74) is 8.14. The highest BCUT2D eigenvalue weighted by atomic mass is 16.1. The van der Waals surface area contributed by atoms with Crippen LogP contribution in [0.4, 0.5) is 0 Å². The third kappa shape index (κ3) is 6.46. The molecule has 6 nitrogen and oxygen atoms in total. The first-order valence-corrected chi connectivity index (χ1v) is 11.5. The van der Waals surface area contributed by atoms with E-state index < -0.39 is 0 Å². The van der Waals surface area contributed by atoms with Crippen LogP contribution in [0.3, 0.4) is 0 Å². The van der Waals surface area contributed by atoms with Crippen molar-refractivity contribution in [1.29, 1.82) is 0 Å². The molecule has 166 valence electrons. The van der Waals surface area contributed by atoms with E-state index in [0.717, 1.165) is 56.8 Å². The summed E-state index contributed by atoms with van der Waals surface area (Å²) in [4.78, 5) is 20.7. The normalized spacial score (nSPS) is 25.9. The highest BCUT2D eigenvalue weighted by Crippen LogP contribution is 2.24. The molecule has 0 bridgehead atoms. The molecule has 0 aliphatic carbocycles. The largest absolute Gasteiger partial charge is 0.370 e. The van der Waals surface area contributed by atoms with Crippen LogP contribution in [-0.4, -0.2) is 54.9 Å². The van der Waals surface area contributed by atoms with Gasteiger partial charge in [0.15, 0.2) is 5.96 Å². The number of piperidine rings is 2. The van der Waals surface area contributed by atoms with Crippen molar-refractivity contribution in [2.45, 2.75) is 52.6 Å². The third-order valence-electron chi connectivity index (χ3n) is 6.41. The highest BCUT2D eigenvalue weighted by Gasteiger charge is 2.24. The molecule has 3 N–H and O–H groups in total. The molecular weight excluding hydrogens is 374 g/mol. The van der Waals surface area contributed by atoms with E-state index in [9.17, 15) is 4.79 Å². The van der Waals surface area contributed by atoms with Gasteiger partial charge >= 0.3 is 0 Å². The first-order chi connectivity index (χ1) is 14.4. The SMILES string of the molecule is CN=C(NCc1ccccc1CN1CC(C)CC(C)C1)N1CCCC(CC(N)=O)C1. The number of benzene rings is 1. The molecule has 1 amide bonds. The van der Waals surface area contributed by atoms with Crippen molar-refractivity contribution in [2.24, 2.45) is 28.5 Å². The Morgan fingerprint density at radius 2 is 1.87 bits per heavy atom. The van der Waals surface area contributed by atoms with Gasteiger partial charge in [-0.25, -0.2) is 0 Å². The maximum atomic E-state index is 11.3. The number of nitrogens with one attached hydrogen (secondary N) is 1. The number of aliphatic imine (C=N–C) groups is 1. The molecule has 6 heteroatoms. The van der Waals surface area contributed by atoms with Gasteiger partial charge in [0.05, 0.1) is 0 Å². The third-order valence-corrected chi connectivity index (χ3v) is 6.41. The van der Waals surface area contributed by atoms with Crippen LogP contribution in [0.2, 0.25) is 0 Å². The van der Waals surface area contributed by atoms with Gasteiger partial charge in [0.1, 0.15) is 0 Å². The number of carbonyl (C=O) groups is 1. The lowest BCUT2D eigenvalue weighted by atomic mass is 9.91. The van der Waals surface area contributed by atoms with Gasteiger partial charge in [0, 0.05) is 52.7 Å². The molecule has 2 aliphatic heterocycles. The molecule has 2 heterocycles.